The van der Waals surface area contributed by atoms with Crippen LogP contribution in [0.25, 0.3) is 5.65 Å². The van der Waals surface area contributed by atoms with E-state index in [4.69, 9.17) is 5.73 Å². The number of imidazole rings is 1. The Morgan fingerprint density at radius 1 is 1.58 bits per heavy atom. The molecule has 0 radical (unpaired) electrons. The molecule has 4 heteroatoms. The number of nitrogens with zero attached hydrogens (tertiary/aromatic N) is 2. The third kappa shape index (κ3) is 0.967. The Morgan fingerprint density at radius 3 is 3.17 bits per heavy atom. The van der Waals surface area contributed by atoms with Crippen LogP contribution >= 0.6 is 0 Å². The van der Waals surface area contributed by atoms with Crippen molar-refractivity contribution in [2.45, 2.75) is 6.54 Å². The number of rotatable bonds is 1. The summed E-state index contributed by atoms with van der Waals surface area (Å²) < 4.78 is 14.4. The van der Waals surface area contributed by atoms with E-state index in [0.717, 1.165) is 5.69 Å². The molecule has 0 fully saturated rings. The van der Waals surface area contributed by atoms with Gasteiger partial charge in [0.05, 0.1) is 11.9 Å². The molecule has 0 saturated carbocycles. The van der Waals surface area contributed by atoms with Gasteiger partial charge in [-0.25, -0.2) is 9.37 Å². The summed E-state index contributed by atoms with van der Waals surface area (Å²) in [6.07, 6.45) is 3.27. The summed E-state index contributed by atoms with van der Waals surface area (Å²) in [5.41, 5.74) is 6.92. The molecule has 0 aliphatic heterocycles. The first-order valence-corrected chi connectivity index (χ1v) is 3.63. The number of hydrogen-bond donors (Lipinski definition) is 1. The number of aromatic nitrogens is 2. The number of hydrogen-bond acceptors (Lipinski definition) is 2. The minimum atomic E-state index is -0.281. The largest absolute Gasteiger partial charge is 0.325 e. The molecule has 2 rings (SSSR count). The molecule has 0 aromatic carbocycles. The highest BCUT2D eigenvalue weighted by molar-refractivity contribution is 5.40. The van der Waals surface area contributed by atoms with Crippen molar-refractivity contribution in [1.82, 2.24) is 9.38 Å². The molecule has 0 amide bonds. The zero-order valence-electron chi connectivity index (χ0n) is 6.37. The lowest BCUT2D eigenvalue weighted by molar-refractivity contribution is 0.626. The van der Waals surface area contributed by atoms with Crippen LogP contribution in [-0.4, -0.2) is 9.38 Å². The molecule has 2 heterocycles. The van der Waals surface area contributed by atoms with E-state index in [1.165, 1.54) is 12.1 Å². The van der Waals surface area contributed by atoms with Crippen molar-refractivity contribution in [2.75, 3.05) is 0 Å². The SMILES string of the molecule is NCc1cnc2cc(F)ccn12. The Bertz CT molecular complexity index is 408. The van der Waals surface area contributed by atoms with Crippen molar-refractivity contribution in [3.05, 3.63) is 36.0 Å². The molecule has 0 aliphatic rings. The molecule has 0 bridgehead atoms. The average molecular weight is 165 g/mol. The van der Waals surface area contributed by atoms with Gasteiger partial charge in [0.15, 0.2) is 0 Å². The molecular formula is C8H8FN3. The third-order valence-electron chi connectivity index (χ3n) is 1.76. The smallest absolute Gasteiger partial charge is 0.139 e. The van der Waals surface area contributed by atoms with Crippen molar-refractivity contribution in [3.8, 4) is 0 Å². The lowest BCUT2D eigenvalue weighted by Crippen LogP contribution is -2.00. The zero-order chi connectivity index (χ0) is 8.55. The topological polar surface area (TPSA) is 43.3 Å². The Labute approximate surface area is 68.6 Å². The Kier molecular flexibility index (Phi) is 1.55. The highest BCUT2D eigenvalue weighted by Gasteiger charge is 2.00. The predicted molar refractivity (Wildman–Crippen MR) is 43.0 cm³/mol. The van der Waals surface area contributed by atoms with Gasteiger partial charge in [-0.1, -0.05) is 0 Å². The summed E-state index contributed by atoms with van der Waals surface area (Å²) >= 11 is 0. The number of fused-ring (bicyclic) bond motifs is 1. The number of pyridine rings is 1. The second kappa shape index (κ2) is 2.57. The normalized spacial score (nSPS) is 10.8. The highest BCUT2D eigenvalue weighted by atomic mass is 19.1. The predicted octanol–water partition coefficient (Wildman–Crippen LogP) is 0.932. The molecule has 0 spiro atoms. The molecule has 12 heavy (non-hydrogen) atoms. The average Bonchev–Trinajstić information content (AvgIpc) is 2.46. The van der Waals surface area contributed by atoms with E-state index >= 15 is 0 Å². The zero-order valence-corrected chi connectivity index (χ0v) is 6.37. The first-order chi connectivity index (χ1) is 5.81. The maximum absolute atomic E-state index is 12.7. The summed E-state index contributed by atoms with van der Waals surface area (Å²) in [6.45, 7) is 0.410. The second-order valence-electron chi connectivity index (χ2n) is 2.53. The monoisotopic (exact) mass is 165 g/mol. The lowest BCUT2D eigenvalue weighted by atomic mass is 10.4. The lowest BCUT2D eigenvalue weighted by Gasteiger charge is -1.96. The van der Waals surface area contributed by atoms with Crippen LogP contribution in [0.2, 0.25) is 0 Å². The molecule has 62 valence electrons. The molecular weight excluding hydrogens is 157 g/mol. The van der Waals surface area contributed by atoms with Gasteiger partial charge < -0.3 is 10.1 Å². The maximum atomic E-state index is 12.7. The minimum Gasteiger partial charge on any atom is -0.325 e. The second-order valence-corrected chi connectivity index (χ2v) is 2.53. The molecule has 0 aliphatic carbocycles. The van der Waals surface area contributed by atoms with Crippen LogP contribution in [0, 0.1) is 5.82 Å². The van der Waals surface area contributed by atoms with Gasteiger partial charge in [0.2, 0.25) is 0 Å². The Hall–Kier alpha value is -1.42. The first kappa shape index (κ1) is 7.24. The van der Waals surface area contributed by atoms with Crippen LogP contribution in [0.15, 0.2) is 24.5 Å². The molecule has 2 aromatic rings. The van der Waals surface area contributed by atoms with Gasteiger partial charge >= 0.3 is 0 Å². The van der Waals surface area contributed by atoms with Gasteiger partial charge in [0.25, 0.3) is 0 Å². The third-order valence-corrected chi connectivity index (χ3v) is 1.76. The van der Waals surface area contributed by atoms with Gasteiger partial charge in [0.1, 0.15) is 11.5 Å². The number of nitrogens with two attached hydrogens (primary N) is 1. The standard InChI is InChI=1S/C8H8FN3/c9-6-1-2-12-7(4-10)5-11-8(12)3-6/h1-3,5H,4,10H2. The fourth-order valence-electron chi connectivity index (χ4n) is 1.16. The van der Waals surface area contributed by atoms with E-state index in [2.05, 4.69) is 4.98 Å². The molecule has 0 saturated heterocycles. The van der Waals surface area contributed by atoms with E-state index in [1.807, 2.05) is 0 Å². The molecule has 3 nitrogen and oxygen atoms in total. The van der Waals surface area contributed by atoms with Gasteiger partial charge in [0, 0.05) is 18.8 Å². The van der Waals surface area contributed by atoms with Crippen molar-refractivity contribution in [2.24, 2.45) is 5.73 Å². The maximum Gasteiger partial charge on any atom is 0.139 e. The van der Waals surface area contributed by atoms with E-state index in [9.17, 15) is 4.39 Å². The van der Waals surface area contributed by atoms with Crippen molar-refractivity contribution in [1.29, 1.82) is 0 Å². The molecule has 2 aromatic heterocycles. The van der Waals surface area contributed by atoms with E-state index in [0.29, 0.717) is 12.2 Å². The van der Waals surface area contributed by atoms with E-state index < -0.39 is 0 Å². The van der Waals surface area contributed by atoms with Crippen molar-refractivity contribution < 1.29 is 4.39 Å². The molecule has 2 N–H and O–H groups in total. The van der Waals surface area contributed by atoms with Crippen LogP contribution in [0.4, 0.5) is 4.39 Å². The summed E-state index contributed by atoms with van der Waals surface area (Å²) in [6, 6.07) is 2.76. The Balaban J connectivity index is 2.73. The van der Waals surface area contributed by atoms with Gasteiger partial charge in [-0.05, 0) is 6.07 Å². The molecule has 0 atom stereocenters. The molecule has 0 unspecified atom stereocenters. The summed E-state index contributed by atoms with van der Waals surface area (Å²) in [4.78, 5) is 3.99. The van der Waals surface area contributed by atoms with Gasteiger partial charge in [-0.2, -0.15) is 0 Å². The van der Waals surface area contributed by atoms with Crippen LogP contribution in [0.3, 0.4) is 0 Å². The van der Waals surface area contributed by atoms with Gasteiger partial charge in [-0.3, -0.25) is 0 Å². The summed E-state index contributed by atoms with van der Waals surface area (Å²) in [7, 11) is 0. The minimum absolute atomic E-state index is 0.281. The first-order valence-electron chi connectivity index (χ1n) is 3.63. The van der Waals surface area contributed by atoms with Crippen LogP contribution in [-0.2, 0) is 6.54 Å². The summed E-state index contributed by atoms with van der Waals surface area (Å²) in [5.74, 6) is -0.281. The number of halogens is 1. The fraction of sp³-hybridized carbons (Fsp3) is 0.125. The van der Waals surface area contributed by atoms with Crippen LogP contribution in [0.5, 0.6) is 0 Å². The van der Waals surface area contributed by atoms with Crippen molar-refractivity contribution in [3.63, 3.8) is 0 Å². The Morgan fingerprint density at radius 2 is 2.42 bits per heavy atom. The highest BCUT2D eigenvalue weighted by Crippen LogP contribution is 2.07. The van der Waals surface area contributed by atoms with E-state index in [-0.39, 0.29) is 5.82 Å². The summed E-state index contributed by atoms with van der Waals surface area (Å²) in [5, 5.41) is 0. The van der Waals surface area contributed by atoms with Gasteiger partial charge in [-0.15, -0.1) is 0 Å². The van der Waals surface area contributed by atoms with Crippen LogP contribution in [0.1, 0.15) is 5.69 Å². The van der Waals surface area contributed by atoms with Crippen LogP contribution < -0.4 is 5.73 Å². The fourth-order valence-corrected chi connectivity index (χ4v) is 1.16. The van der Waals surface area contributed by atoms with Crippen molar-refractivity contribution >= 4 is 5.65 Å². The quantitative estimate of drug-likeness (QED) is 0.683. The van der Waals surface area contributed by atoms with E-state index in [1.54, 1.807) is 16.8 Å².